The van der Waals surface area contributed by atoms with Gasteiger partial charge in [0.25, 0.3) is 0 Å². The van der Waals surface area contributed by atoms with Crippen LogP contribution >= 0.6 is 0 Å². The average molecular weight is 197 g/mol. The van der Waals surface area contributed by atoms with Crippen molar-refractivity contribution in [2.24, 2.45) is 4.99 Å². The zero-order valence-electron chi connectivity index (χ0n) is 9.50. The molecule has 0 aromatic rings. The van der Waals surface area contributed by atoms with Crippen molar-refractivity contribution in [1.29, 1.82) is 0 Å². The molecule has 0 aromatic carbocycles. The lowest BCUT2D eigenvalue weighted by Crippen LogP contribution is -2.33. The number of nitrogens with one attached hydrogen (secondary N) is 1. The van der Waals surface area contributed by atoms with Crippen LogP contribution in [0.15, 0.2) is 17.6 Å². The number of likely N-dealkylation sites (N-methyl/N-ethyl adjacent to an activating group) is 2. The van der Waals surface area contributed by atoms with E-state index in [-0.39, 0.29) is 0 Å². The molecule has 0 aliphatic heterocycles. The predicted molar refractivity (Wildman–Crippen MR) is 64.2 cm³/mol. The molecule has 0 aromatic heterocycles. The van der Waals surface area contributed by atoms with Crippen molar-refractivity contribution in [1.82, 2.24) is 10.2 Å². The normalized spacial score (nSPS) is 12.8. The van der Waals surface area contributed by atoms with E-state index in [1.165, 1.54) is 0 Å². The fourth-order valence-electron chi connectivity index (χ4n) is 1.30. The molecule has 3 heteroatoms. The Morgan fingerprint density at radius 1 is 1.57 bits per heavy atom. The lowest BCUT2D eigenvalue weighted by atomic mass is 10.2. The summed E-state index contributed by atoms with van der Waals surface area (Å²) in [6.07, 6.45) is 2.81. The number of nitrogens with zero attached hydrogens (tertiary/aromatic N) is 2. The van der Waals surface area contributed by atoms with Gasteiger partial charge in [0.1, 0.15) is 0 Å². The molecule has 0 aliphatic rings. The highest BCUT2D eigenvalue weighted by Crippen LogP contribution is 1.99. The van der Waals surface area contributed by atoms with Crippen LogP contribution in [0.3, 0.4) is 0 Å². The molecule has 1 N–H and O–H groups in total. The molecule has 0 rings (SSSR count). The molecule has 3 nitrogen and oxygen atoms in total. The van der Waals surface area contributed by atoms with E-state index in [2.05, 4.69) is 42.5 Å². The maximum absolute atomic E-state index is 4.06. The maximum Gasteiger partial charge on any atom is 0.0653 e. The fraction of sp³-hybridized carbons (Fsp3) is 0.727. The van der Waals surface area contributed by atoms with Crippen LogP contribution in [0, 0.1) is 0 Å². The van der Waals surface area contributed by atoms with Gasteiger partial charge in [-0.2, -0.15) is 0 Å². The third kappa shape index (κ3) is 6.80. The van der Waals surface area contributed by atoms with Gasteiger partial charge in [0.2, 0.25) is 0 Å². The molecular weight excluding hydrogens is 174 g/mol. The van der Waals surface area contributed by atoms with Gasteiger partial charge < -0.3 is 10.2 Å². The van der Waals surface area contributed by atoms with E-state index in [0.717, 1.165) is 32.6 Å². The van der Waals surface area contributed by atoms with Crippen LogP contribution in [0.2, 0.25) is 0 Å². The standard InChI is InChI=1S/C11H23N3/c1-5-7-11(12-3)10-14(4)9-8-13-6-2/h5,11,13H,1,3,6-10H2,2,4H3. The highest BCUT2D eigenvalue weighted by atomic mass is 15.1. The van der Waals surface area contributed by atoms with E-state index in [4.69, 9.17) is 0 Å². The van der Waals surface area contributed by atoms with Gasteiger partial charge in [-0.25, -0.2) is 0 Å². The van der Waals surface area contributed by atoms with E-state index in [0.29, 0.717) is 6.04 Å². The fourth-order valence-corrected chi connectivity index (χ4v) is 1.30. The third-order valence-electron chi connectivity index (χ3n) is 2.14. The summed E-state index contributed by atoms with van der Waals surface area (Å²) in [5.41, 5.74) is 0. The zero-order valence-corrected chi connectivity index (χ0v) is 9.50. The van der Waals surface area contributed by atoms with Crippen molar-refractivity contribution in [3.63, 3.8) is 0 Å². The van der Waals surface area contributed by atoms with E-state index in [1.807, 2.05) is 6.08 Å². The second-order valence-corrected chi connectivity index (χ2v) is 3.48. The smallest absolute Gasteiger partial charge is 0.0653 e. The molecule has 0 spiro atoms. The molecule has 0 bridgehead atoms. The maximum atomic E-state index is 4.06. The van der Waals surface area contributed by atoms with Gasteiger partial charge in [0.05, 0.1) is 6.04 Å². The minimum Gasteiger partial charge on any atom is -0.316 e. The Bertz CT molecular complexity index is 157. The molecule has 1 atom stereocenters. The van der Waals surface area contributed by atoms with Gasteiger partial charge in [-0.05, 0) is 26.7 Å². The molecule has 0 amide bonds. The van der Waals surface area contributed by atoms with Crippen molar-refractivity contribution in [2.75, 3.05) is 33.2 Å². The lowest BCUT2D eigenvalue weighted by Gasteiger charge is -2.20. The number of aliphatic imine (C=N–C) groups is 1. The molecule has 82 valence electrons. The summed E-state index contributed by atoms with van der Waals surface area (Å²) in [5, 5.41) is 3.29. The first-order valence-electron chi connectivity index (χ1n) is 5.20. The van der Waals surface area contributed by atoms with Gasteiger partial charge in [0, 0.05) is 19.6 Å². The first kappa shape index (κ1) is 13.3. The van der Waals surface area contributed by atoms with Crippen LogP contribution in [0.1, 0.15) is 13.3 Å². The molecule has 0 aliphatic carbocycles. The summed E-state index contributed by atoms with van der Waals surface area (Å²) in [6.45, 7) is 13.5. The van der Waals surface area contributed by atoms with E-state index in [1.54, 1.807) is 0 Å². The SMILES string of the molecule is C=CCC(CN(C)CCNCC)N=C. The molecule has 0 radical (unpaired) electrons. The van der Waals surface area contributed by atoms with Crippen molar-refractivity contribution < 1.29 is 0 Å². The monoisotopic (exact) mass is 197 g/mol. The number of hydrogen-bond donors (Lipinski definition) is 1. The molecule has 0 saturated carbocycles. The summed E-state index contributed by atoms with van der Waals surface area (Å²) in [7, 11) is 2.11. The summed E-state index contributed by atoms with van der Waals surface area (Å²) in [4.78, 5) is 6.33. The number of hydrogen-bond acceptors (Lipinski definition) is 3. The Hall–Kier alpha value is -0.670. The second kappa shape index (κ2) is 8.91. The van der Waals surface area contributed by atoms with Gasteiger partial charge in [-0.1, -0.05) is 13.0 Å². The predicted octanol–water partition coefficient (Wildman–Crippen LogP) is 1.17. The molecule has 14 heavy (non-hydrogen) atoms. The molecule has 0 fully saturated rings. The summed E-state index contributed by atoms with van der Waals surface area (Å²) < 4.78 is 0. The van der Waals surface area contributed by atoms with Gasteiger partial charge in [-0.3, -0.25) is 4.99 Å². The van der Waals surface area contributed by atoms with Gasteiger partial charge >= 0.3 is 0 Å². The Morgan fingerprint density at radius 3 is 2.79 bits per heavy atom. The second-order valence-electron chi connectivity index (χ2n) is 3.48. The van der Waals surface area contributed by atoms with Crippen molar-refractivity contribution in [3.8, 4) is 0 Å². The third-order valence-corrected chi connectivity index (χ3v) is 2.14. The molecular formula is C11H23N3. The molecule has 0 heterocycles. The largest absolute Gasteiger partial charge is 0.316 e. The van der Waals surface area contributed by atoms with Crippen LogP contribution < -0.4 is 5.32 Å². The summed E-state index contributed by atoms with van der Waals surface area (Å²) in [6, 6.07) is 0.291. The molecule has 1 unspecified atom stereocenters. The first-order chi connectivity index (χ1) is 6.74. The lowest BCUT2D eigenvalue weighted by molar-refractivity contribution is 0.311. The van der Waals surface area contributed by atoms with Gasteiger partial charge in [-0.15, -0.1) is 6.58 Å². The van der Waals surface area contributed by atoms with Crippen LogP contribution in [0.4, 0.5) is 0 Å². The van der Waals surface area contributed by atoms with Crippen molar-refractivity contribution in [3.05, 3.63) is 12.7 Å². The van der Waals surface area contributed by atoms with Crippen molar-refractivity contribution in [2.45, 2.75) is 19.4 Å². The van der Waals surface area contributed by atoms with Crippen molar-refractivity contribution >= 4 is 6.72 Å². The Labute approximate surface area is 87.9 Å². The van der Waals surface area contributed by atoms with E-state index < -0.39 is 0 Å². The average Bonchev–Trinajstić information content (AvgIpc) is 2.17. The summed E-state index contributed by atoms with van der Waals surface area (Å²) >= 11 is 0. The van der Waals surface area contributed by atoms with Gasteiger partial charge in [0.15, 0.2) is 0 Å². The first-order valence-corrected chi connectivity index (χ1v) is 5.20. The Balaban J connectivity index is 3.61. The minimum absolute atomic E-state index is 0.291. The van der Waals surface area contributed by atoms with Crippen LogP contribution in [0.5, 0.6) is 0 Å². The van der Waals surface area contributed by atoms with Crippen LogP contribution in [-0.2, 0) is 0 Å². The minimum atomic E-state index is 0.291. The Kier molecular flexibility index (Phi) is 8.48. The zero-order chi connectivity index (χ0) is 10.8. The van der Waals surface area contributed by atoms with Crippen LogP contribution in [-0.4, -0.2) is 50.9 Å². The quantitative estimate of drug-likeness (QED) is 0.341. The topological polar surface area (TPSA) is 27.6 Å². The van der Waals surface area contributed by atoms with E-state index in [9.17, 15) is 0 Å². The highest BCUT2D eigenvalue weighted by Gasteiger charge is 2.06. The Morgan fingerprint density at radius 2 is 2.29 bits per heavy atom. The summed E-state index contributed by atoms with van der Waals surface area (Å²) in [5.74, 6) is 0. The highest BCUT2D eigenvalue weighted by molar-refractivity contribution is 5.24. The van der Waals surface area contributed by atoms with E-state index >= 15 is 0 Å². The van der Waals surface area contributed by atoms with Crippen LogP contribution in [0.25, 0.3) is 0 Å². The number of rotatable bonds is 9. The molecule has 0 saturated heterocycles.